The molecule has 17 heavy (non-hydrogen) atoms. The number of nitrogens with one attached hydrogen (secondary N) is 2. The molecule has 0 aliphatic carbocycles. The van der Waals surface area contributed by atoms with Crippen LogP contribution in [-0.4, -0.2) is 24.5 Å². The lowest BCUT2D eigenvalue weighted by molar-refractivity contribution is -0.123. The average Bonchev–Trinajstić information content (AvgIpc) is 2.81. The van der Waals surface area contributed by atoms with Crippen molar-refractivity contribution in [2.24, 2.45) is 0 Å². The SMILES string of the molecule is CCC(C)NC(=O)C(C)NCCc1ccsc1. The predicted molar refractivity (Wildman–Crippen MR) is 73.4 cm³/mol. The molecule has 2 unspecified atom stereocenters. The molecule has 0 aromatic carbocycles. The fourth-order valence-electron chi connectivity index (χ4n) is 1.43. The lowest BCUT2D eigenvalue weighted by Gasteiger charge is -2.17. The standard InChI is InChI=1S/C13H22N2OS/c1-4-10(2)15-13(16)11(3)14-7-5-12-6-8-17-9-12/h6,8-11,14H,4-5,7H2,1-3H3,(H,15,16). The van der Waals surface area contributed by atoms with Crippen LogP contribution < -0.4 is 10.6 Å². The second-order valence-electron chi connectivity index (χ2n) is 4.38. The van der Waals surface area contributed by atoms with Gasteiger partial charge in [-0.1, -0.05) is 6.92 Å². The molecule has 4 heteroatoms. The molecule has 2 N–H and O–H groups in total. The van der Waals surface area contributed by atoms with E-state index in [1.54, 1.807) is 11.3 Å². The Morgan fingerprint density at radius 1 is 1.47 bits per heavy atom. The minimum atomic E-state index is -0.123. The molecule has 1 rings (SSSR count). The molecule has 0 radical (unpaired) electrons. The molecule has 0 aliphatic rings. The van der Waals surface area contributed by atoms with Gasteiger partial charge < -0.3 is 10.6 Å². The van der Waals surface area contributed by atoms with Crippen molar-refractivity contribution in [3.8, 4) is 0 Å². The molecule has 0 saturated heterocycles. The van der Waals surface area contributed by atoms with Gasteiger partial charge in [0.25, 0.3) is 0 Å². The fraction of sp³-hybridized carbons (Fsp3) is 0.615. The Hall–Kier alpha value is -0.870. The summed E-state index contributed by atoms with van der Waals surface area (Å²) < 4.78 is 0. The van der Waals surface area contributed by atoms with Crippen molar-refractivity contribution in [3.63, 3.8) is 0 Å². The van der Waals surface area contributed by atoms with E-state index in [1.165, 1.54) is 5.56 Å². The van der Waals surface area contributed by atoms with Crippen molar-refractivity contribution in [2.75, 3.05) is 6.54 Å². The van der Waals surface area contributed by atoms with Crippen molar-refractivity contribution >= 4 is 17.2 Å². The highest BCUT2D eigenvalue weighted by atomic mass is 32.1. The zero-order chi connectivity index (χ0) is 12.7. The first-order valence-electron chi connectivity index (χ1n) is 6.18. The zero-order valence-electron chi connectivity index (χ0n) is 10.8. The third-order valence-electron chi connectivity index (χ3n) is 2.84. The summed E-state index contributed by atoms with van der Waals surface area (Å²) in [6.45, 7) is 6.84. The summed E-state index contributed by atoms with van der Waals surface area (Å²) >= 11 is 1.71. The molecule has 0 saturated carbocycles. The maximum Gasteiger partial charge on any atom is 0.237 e. The van der Waals surface area contributed by atoms with Crippen molar-refractivity contribution in [1.82, 2.24) is 10.6 Å². The third-order valence-corrected chi connectivity index (χ3v) is 3.57. The van der Waals surface area contributed by atoms with E-state index < -0.39 is 0 Å². The van der Waals surface area contributed by atoms with Gasteiger partial charge in [-0.15, -0.1) is 0 Å². The Balaban J connectivity index is 2.20. The smallest absolute Gasteiger partial charge is 0.237 e. The Labute approximate surface area is 108 Å². The minimum Gasteiger partial charge on any atom is -0.352 e. The molecule has 1 amide bonds. The monoisotopic (exact) mass is 254 g/mol. The second-order valence-corrected chi connectivity index (χ2v) is 5.16. The van der Waals surface area contributed by atoms with Crippen LogP contribution in [0.3, 0.4) is 0 Å². The van der Waals surface area contributed by atoms with Gasteiger partial charge in [0.15, 0.2) is 0 Å². The fourth-order valence-corrected chi connectivity index (χ4v) is 2.13. The molecule has 0 bridgehead atoms. The molecule has 96 valence electrons. The molecule has 0 aliphatic heterocycles. The summed E-state index contributed by atoms with van der Waals surface area (Å²) in [7, 11) is 0. The summed E-state index contributed by atoms with van der Waals surface area (Å²) in [4.78, 5) is 11.7. The van der Waals surface area contributed by atoms with Gasteiger partial charge in [0.1, 0.15) is 0 Å². The number of thiophene rings is 1. The normalized spacial score (nSPS) is 14.3. The molecule has 0 fully saturated rings. The average molecular weight is 254 g/mol. The molecule has 3 nitrogen and oxygen atoms in total. The highest BCUT2D eigenvalue weighted by Crippen LogP contribution is 2.05. The number of hydrogen-bond acceptors (Lipinski definition) is 3. The van der Waals surface area contributed by atoms with Crippen molar-refractivity contribution in [1.29, 1.82) is 0 Å². The van der Waals surface area contributed by atoms with Crippen molar-refractivity contribution in [3.05, 3.63) is 22.4 Å². The molecule has 2 atom stereocenters. The zero-order valence-corrected chi connectivity index (χ0v) is 11.6. The van der Waals surface area contributed by atoms with Crippen LogP contribution in [0.15, 0.2) is 16.8 Å². The number of carbonyl (C=O) groups is 1. The number of amides is 1. The Kier molecular flexibility index (Phi) is 6.22. The van der Waals surface area contributed by atoms with Gasteiger partial charge in [0, 0.05) is 6.04 Å². The van der Waals surface area contributed by atoms with Crippen LogP contribution in [-0.2, 0) is 11.2 Å². The van der Waals surface area contributed by atoms with E-state index in [-0.39, 0.29) is 18.0 Å². The maximum atomic E-state index is 11.7. The van der Waals surface area contributed by atoms with E-state index in [9.17, 15) is 4.79 Å². The lowest BCUT2D eigenvalue weighted by atomic mass is 10.2. The summed E-state index contributed by atoms with van der Waals surface area (Å²) in [5, 5.41) is 10.4. The number of rotatable bonds is 7. The highest BCUT2D eigenvalue weighted by molar-refractivity contribution is 7.07. The van der Waals surface area contributed by atoms with Crippen LogP contribution in [0.5, 0.6) is 0 Å². The molecular formula is C13H22N2OS. The van der Waals surface area contributed by atoms with Crippen molar-refractivity contribution in [2.45, 2.75) is 45.7 Å². The van der Waals surface area contributed by atoms with E-state index in [0.29, 0.717) is 0 Å². The minimum absolute atomic E-state index is 0.0877. The molecular weight excluding hydrogens is 232 g/mol. The van der Waals surface area contributed by atoms with Crippen LogP contribution in [0.2, 0.25) is 0 Å². The largest absolute Gasteiger partial charge is 0.352 e. The van der Waals surface area contributed by atoms with Gasteiger partial charge in [-0.2, -0.15) is 11.3 Å². The van der Waals surface area contributed by atoms with Gasteiger partial charge in [0.05, 0.1) is 6.04 Å². The van der Waals surface area contributed by atoms with E-state index in [4.69, 9.17) is 0 Å². The highest BCUT2D eigenvalue weighted by Gasteiger charge is 2.13. The van der Waals surface area contributed by atoms with Gasteiger partial charge in [-0.25, -0.2) is 0 Å². The topological polar surface area (TPSA) is 41.1 Å². The van der Waals surface area contributed by atoms with Crippen LogP contribution in [0.1, 0.15) is 32.8 Å². The first-order valence-corrected chi connectivity index (χ1v) is 7.12. The summed E-state index contributed by atoms with van der Waals surface area (Å²) in [5.74, 6) is 0.0877. The second kappa shape index (κ2) is 7.45. The summed E-state index contributed by atoms with van der Waals surface area (Å²) in [6.07, 6.45) is 1.94. The van der Waals surface area contributed by atoms with Crippen LogP contribution in [0.4, 0.5) is 0 Å². The first-order chi connectivity index (χ1) is 8.13. The van der Waals surface area contributed by atoms with Crippen molar-refractivity contribution < 1.29 is 4.79 Å². The third kappa shape index (κ3) is 5.33. The van der Waals surface area contributed by atoms with Crippen LogP contribution >= 0.6 is 11.3 Å². The lowest BCUT2D eigenvalue weighted by Crippen LogP contribution is -2.45. The first kappa shape index (κ1) is 14.2. The molecule has 1 heterocycles. The number of hydrogen-bond donors (Lipinski definition) is 2. The molecule has 0 spiro atoms. The predicted octanol–water partition coefficient (Wildman–Crippen LogP) is 2.18. The van der Waals surface area contributed by atoms with Crippen LogP contribution in [0.25, 0.3) is 0 Å². The van der Waals surface area contributed by atoms with E-state index in [1.807, 2.05) is 13.8 Å². The quantitative estimate of drug-likeness (QED) is 0.783. The maximum absolute atomic E-state index is 11.7. The molecule has 1 aromatic heterocycles. The molecule has 1 aromatic rings. The van der Waals surface area contributed by atoms with Gasteiger partial charge in [-0.3, -0.25) is 4.79 Å². The summed E-state index contributed by atoms with van der Waals surface area (Å²) in [5.41, 5.74) is 1.33. The van der Waals surface area contributed by atoms with Gasteiger partial charge >= 0.3 is 0 Å². The van der Waals surface area contributed by atoms with E-state index in [0.717, 1.165) is 19.4 Å². The Bertz CT molecular complexity index is 324. The van der Waals surface area contributed by atoms with Crippen LogP contribution in [0, 0.1) is 0 Å². The van der Waals surface area contributed by atoms with E-state index in [2.05, 4.69) is 34.4 Å². The Morgan fingerprint density at radius 2 is 2.24 bits per heavy atom. The Morgan fingerprint density at radius 3 is 2.82 bits per heavy atom. The van der Waals surface area contributed by atoms with Gasteiger partial charge in [0.2, 0.25) is 5.91 Å². The summed E-state index contributed by atoms with van der Waals surface area (Å²) in [6, 6.07) is 2.25. The van der Waals surface area contributed by atoms with Gasteiger partial charge in [-0.05, 0) is 55.6 Å². The van der Waals surface area contributed by atoms with E-state index >= 15 is 0 Å². The number of carbonyl (C=O) groups excluding carboxylic acids is 1.